The Morgan fingerprint density at radius 2 is 2.58 bits per heavy atom. The lowest BCUT2D eigenvalue weighted by Gasteiger charge is -2.13. The fourth-order valence-corrected chi connectivity index (χ4v) is 1.29. The molecular weight excluding hydrogens is 218 g/mol. The van der Waals surface area contributed by atoms with Crippen molar-refractivity contribution < 1.29 is 4.74 Å². The maximum Gasteiger partial charge on any atom is 0.0689 e. The van der Waals surface area contributed by atoms with Crippen molar-refractivity contribution in [2.24, 2.45) is 0 Å². The van der Waals surface area contributed by atoms with E-state index in [1.54, 1.807) is 0 Å². The second-order valence-corrected chi connectivity index (χ2v) is 3.95. The monoisotopic (exact) mass is 231 g/mol. The van der Waals surface area contributed by atoms with Crippen molar-refractivity contribution in [2.75, 3.05) is 26.3 Å². The number of rotatable bonds is 4. The van der Waals surface area contributed by atoms with Crippen molar-refractivity contribution >= 4 is 15.9 Å². The maximum absolute atomic E-state index is 5.30. The lowest BCUT2D eigenvalue weighted by Crippen LogP contribution is -2.22. The van der Waals surface area contributed by atoms with Crippen LogP contribution in [0.15, 0.2) is 22.7 Å². The van der Waals surface area contributed by atoms with Crippen molar-refractivity contribution in [3.63, 3.8) is 0 Å². The summed E-state index contributed by atoms with van der Waals surface area (Å²) in [4.78, 5) is 0. The van der Waals surface area contributed by atoms with E-state index < -0.39 is 0 Å². The Labute approximate surface area is 81.8 Å². The van der Waals surface area contributed by atoms with Gasteiger partial charge in [-0.1, -0.05) is 28.6 Å². The molecule has 0 aromatic heterocycles. The summed E-state index contributed by atoms with van der Waals surface area (Å²) in [6.07, 6.45) is 3.29. The van der Waals surface area contributed by atoms with Crippen molar-refractivity contribution in [3.05, 3.63) is 22.7 Å². The van der Waals surface area contributed by atoms with Gasteiger partial charge >= 0.3 is 0 Å². The summed E-state index contributed by atoms with van der Waals surface area (Å²) >= 11 is 3.29. The fraction of sp³-hybridized carbons (Fsp3) is 0.556. The van der Waals surface area contributed by atoms with E-state index >= 15 is 0 Å². The molecule has 3 heteroatoms. The minimum Gasteiger partial charge on any atom is -0.377 e. The zero-order valence-electron chi connectivity index (χ0n) is 7.11. The first-order valence-corrected chi connectivity index (χ1v) is 4.88. The van der Waals surface area contributed by atoms with Crippen molar-refractivity contribution in [1.82, 2.24) is 5.32 Å². The summed E-state index contributed by atoms with van der Waals surface area (Å²) in [5.74, 6) is 0. The Morgan fingerprint density at radius 1 is 1.75 bits per heavy atom. The van der Waals surface area contributed by atoms with Gasteiger partial charge in [-0.05, 0) is 12.0 Å². The highest BCUT2D eigenvalue weighted by Crippen LogP contribution is 2.04. The lowest BCUT2D eigenvalue weighted by molar-refractivity contribution is 0.149. The molecule has 1 aliphatic rings. The highest BCUT2D eigenvalue weighted by Gasteiger charge is 2.02. The average Bonchev–Trinajstić information content (AvgIpc) is 2.05. The zero-order valence-corrected chi connectivity index (χ0v) is 8.69. The molecule has 0 fully saturated rings. The molecule has 1 heterocycles. The van der Waals surface area contributed by atoms with Gasteiger partial charge in [-0.25, -0.2) is 0 Å². The average molecular weight is 232 g/mol. The molecular formula is C9H14BrNO. The van der Waals surface area contributed by atoms with Crippen LogP contribution in [0, 0.1) is 0 Å². The van der Waals surface area contributed by atoms with Crippen LogP contribution in [0.5, 0.6) is 0 Å². The van der Waals surface area contributed by atoms with Gasteiger partial charge in [0, 0.05) is 17.6 Å². The SMILES string of the molecule is C=C(Br)CNCC1=CCCOC1. The van der Waals surface area contributed by atoms with Crippen LogP contribution in [0.2, 0.25) is 0 Å². The molecule has 1 aliphatic heterocycles. The summed E-state index contributed by atoms with van der Waals surface area (Å²) in [6.45, 7) is 7.11. The third-order valence-electron chi connectivity index (χ3n) is 1.65. The van der Waals surface area contributed by atoms with Crippen LogP contribution >= 0.6 is 15.9 Å². The van der Waals surface area contributed by atoms with E-state index in [4.69, 9.17) is 4.74 Å². The van der Waals surface area contributed by atoms with Crippen molar-refractivity contribution in [3.8, 4) is 0 Å². The Hall–Kier alpha value is -0.120. The van der Waals surface area contributed by atoms with Crippen LogP contribution < -0.4 is 5.32 Å². The van der Waals surface area contributed by atoms with Gasteiger partial charge in [-0.3, -0.25) is 0 Å². The van der Waals surface area contributed by atoms with Crippen LogP contribution in [0.1, 0.15) is 6.42 Å². The van der Waals surface area contributed by atoms with Crippen LogP contribution in [-0.2, 0) is 4.74 Å². The van der Waals surface area contributed by atoms with Gasteiger partial charge in [0.1, 0.15) is 0 Å². The van der Waals surface area contributed by atoms with E-state index in [0.29, 0.717) is 0 Å². The van der Waals surface area contributed by atoms with Crippen molar-refractivity contribution in [1.29, 1.82) is 0 Å². The molecule has 1 rings (SSSR count). The smallest absolute Gasteiger partial charge is 0.0689 e. The third-order valence-corrected chi connectivity index (χ3v) is 1.93. The van der Waals surface area contributed by atoms with Crippen molar-refractivity contribution in [2.45, 2.75) is 6.42 Å². The Balaban J connectivity index is 2.13. The lowest BCUT2D eigenvalue weighted by atomic mass is 10.2. The number of halogens is 1. The summed E-state index contributed by atoms with van der Waals surface area (Å²) in [5.41, 5.74) is 1.34. The molecule has 0 spiro atoms. The van der Waals surface area contributed by atoms with E-state index in [9.17, 15) is 0 Å². The third kappa shape index (κ3) is 4.04. The first-order chi connectivity index (χ1) is 5.79. The van der Waals surface area contributed by atoms with E-state index in [-0.39, 0.29) is 0 Å². The molecule has 12 heavy (non-hydrogen) atoms. The fourth-order valence-electron chi connectivity index (χ4n) is 1.09. The minimum absolute atomic E-state index is 0.780. The molecule has 0 saturated carbocycles. The molecule has 0 radical (unpaired) electrons. The molecule has 0 bridgehead atoms. The molecule has 0 aromatic rings. The first kappa shape index (κ1) is 9.96. The molecule has 0 unspecified atom stereocenters. The quantitative estimate of drug-likeness (QED) is 0.746. The predicted octanol–water partition coefficient (Wildman–Crippen LogP) is 1.83. The summed E-state index contributed by atoms with van der Waals surface area (Å²) in [6, 6.07) is 0. The van der Waals surface area contributed by atoms with E-state index in [0.717, 1.165) is 37.2 Å². The molecule has 0 atom stereocenters. The minimum atomic E-state index is 0.780. The Kier molecular flexibility index (Phi) is 4.58. The molecule has 1 N–H and O–H groups in total. The summed E-state index contributed by atoms with van der Waals surface area (Å²) in [5, 5.41) is 3.26. The zero-order chi connectivity index (χ0) is 8.81. The van der Waals surface area contributed by atoms with Crippen LogP contribution in [-0.4, -0.2) is 26.3 Å². The van der Waals surface area contributed by atoms with E-state index in [1.165, 1.54) is 5.57 Å². The molecule has 0 aromatic carbocycles. The topological polar surface area (TPSA) is 21.3 Å². The number of hydrogen-bond donors (Lipinski definition) is 1. The molecule has 0 aliphatic carbocycles. The normalized spacial score (nSPS) is 17.2. The van der Waals surface area contributed by atoms with Crippen LogP contribution in [0.25, 0.3) is 0 Å². The van der Waals surface area contributed by atoms with Gasteiger partial charge in [0.25, 0.3) is 0 Å². The Morgan fingerprint density at radius 3 is 3.17 bits per heavy atom. The molecule has 0 amide bonds. The number of ether oxygens (including phenoxy) is 1. The largest absolute Gasteiger partial charge is 0.377 e. The molecule has 0 saturated heterocycles. The second kappa shape index (κ2) is 5.51. The van der Waals surface area contributed by atoms with Gasteiger partial charge in [0.2, 0.25) is 0 Å². The van der Waals surface area contributed by atoms with Crippen LogP contribution in [0.3, 0.4) is 0 Å². The van der Waals surface area contributed by atoms with Gasteiger partial charge in [-0.15, -0.1) is 0 Å². The predicted molar refractivity (Wildman–Crippen MR) is 54.5 cm³/mol. The van der Waals surface area contributed by atoms with Gasteiger partial charge < -0.3 is 10.1 Å². The highest BCUT2D eigenvalue weighted by molar-refractivity contribution is 9.11. The standard InChI is InChI=1S/C9H14BrNO/c1-8(10)5-11-6-9-3-2-4-12-7-9/h3,11H,1-2,4-7H2. The molecule has 2 nitrogen and oxygen atoms in total. The number of nitrogens with one attached hydrogen (secondary N) is 1. The highest BCUT2D eigenvalue weighted by atomic mass is 79.9. The summed E-state index contributed by atoms with van der Waals surface area (Å²) in [7, 11) is 0. The first-order valence-electron chi connectivity index (χ1n) is 4.08. The van der Waals surface area contributed by atoms with Gasteiger partial charge in [0.15, 0.2) is 0 Å². The van der Waals surface area contributed by atoms with Crippen LogP contribution in [0.4, 0.5) is 0 Å². The van der Waals surface area contributed by atoms with Gasteiger partial charge in [-0.2, -0.15) is 0 Å². The van der Waals surface area contributed by atoms with Gasteiger partial charge in [0.05, 0.1) is 13.2 Å². The van der Waals surface area contributed by atoms with E-state index in [1.807, 2.05) is 0 Å². The second-order valence-electron chi connectivity index (χ2n) is 2.82. The molecule has 68 valence electrons. The number of hydrogen-bond acceptors (Lipinski definition) is 2. The Bertz CT molecular complexity index is 189. The summed E-state index contributed by atoms with van der Waals surface area (Å²) < 4.78 is 6.28. The maximum atomic E-state index is 5.30. The van der Waals surface area contributed by atoms with E-state index in [2.05, 4.69) is 33.9 Å².